The summed E-state index contributed by atoms with van der Waals surface area (Å²) in [5.74, 6) is 1.60. The van der Waals surface area contributed by atoms with Crippen LogP contribution in [0.25, 0.3) is 94.3 Å². The van der Waals surface area contributed by atoms with Crippen molar-refractivity contribution in [2.45, 2.75) is 0 Å². The van der Waals surface area contributed by atoms with E-state index in [0.29, 0.717) is 0 Å². The van der Waals surface area contributed by atoms with Crippen molar-refractivity contribution in [3.8, 4) is 34.2 Å². The number of nitrogens with zero attached hydrogens (tertiary/aromatic N) is 6. The predicted octanol–water partition coefficient (Wildman–Crippen LogP) is 10.8. The number of para-hydroxylation sites is 3. The Labute approximate surface area is 292 Å². The third-order valence-electron chi connectivity index (χ3n) is 10.1. The van der Waals surface area contributed by atoms with Crippen molar-refractivity contribution in [2.75, 3.05) is 0 Å². The number of imidazole rings is 1. The largest absolute Gasteiger partial charge is 0.309 e. The van der Waals surface area contributed by atoms with Crippen molar-refractivity contribution in [1.82, 2.24) is 28.7 Å². The topological polar surface area (TPSA) is 52.9 Å². The Kier molecular flexibility index (Phi) is 5.86. The van der Waals surface area contributed by atoms with Gasteiger partial charge < -0.3 is 4.57 Å². The van der Waals surface area contributed by atoms with Gasteiger partial charge in [0.2, 0.25) is 0 Å². The van der Waals surface area contributed by atoms with Crippen LogP contribution in [0, 0.1) is 0 Å². The second-order valence-corrected chi connectivity index (χ2v) is 12.9. The lowest BCUT2D eigenvalue weighted by atomic mass is 10.0. The van der Waals surface area contributed by atoms with Gasteiger partial charge in [0.25, 0.3) is 0 Å². The van der Waals surface area contributed by atoms with Crippen LogP contribution in [0.15, 0.2) is 170 Å². The predicted molar refractivity (Wildman–Crippen MR) is 208 cm³/mol. The lowest BCUT2D eigenvalue weighted by Gasteiger charge is -2.15. The minimum absolute atomic E-state index is 0.799. The minimum Gasteiger partial charge on any atom is -0.309 e. The fourth-order valence-corrected chi connectivity index (χ4v) is 7.94. The molecule has 6 nitrogen and oxygen atoms in total. The van der Waals surface area contributed by atoms with E-state index in [2.05, 4.69) is 147 Å². The number of benzene rings is 7. The Morgan fingerprint density at radius 1 is 0.373 bits per heavy atom. The van der Waals surface area contributed by atoms with E-state index in [1.807, 2.05) is 36.4 Å². The molecule has 0 aliphatic rings. The van der Waals surface area contributed by atoms with Gasteiger partial charge in [0.05, 0.1) is 27.6 Å². The molecule has 0 unspecified atom stereocenters. The van der Waals surface area contributed by atoms with E-state index in [0.717, 1.165) is 67.3 Å². The fraction of sp³-hybridized carbons (Fsp3) is 0. The molecule has 238 valence electrons. The molecular weight excluding hydrogens is 625 g/mol. The van der Waals surface area contributed by atoms with Gasteiger partial charge in [-0.3, -0.25) is 8.97 Å². The molecule has 11 aromatic rings. The maximum absolute atomic E-state index is 5.13. The maximum Gasteiger partial charge on any atom is 0.168 e. The number of aromatic nitrogens is 6. The van der Waals surface area contributed by atoms with Crippen molar-refractivity contribution < 1.29 is 0 Å². The highest BCUT2D eigenvalue weighted by molar-refractivity contribution is 6.27. The first-order valence-electron chi connectivity index (χ1n) is 17.1. The monoisotopic (exact) mass is 652 g/mol. The van der Waals surface area contributed by atoms with Crippen LogP contribution in [0.4, 0.5) is 0 Å². The number of hydrogen-bond donors (Lipinski definition) is 0. The van der Waals surface area contributed by atoms with Gasteiger partial charge in [-0.05, 0) is 53.9 Å². The number of hydrogen-bond acceptors (Lipinski definition) is 3. The van der Waals surface area contributed by atoms with E-state index in [1.165, 1.54) is 27.1 Å². The van der Waals surface area contributed by atoms with Crippen molar-refractivity contribution in [3.05, 3.63) is 170 Å². The van der Waals surface area contributed by atoms with Crippen LogP contribution >= 0.6 is 0 Å². The molecule has 4 heterocycles. The molecular formula is C45H28N6. The van der Waals surface area contributed by atoms with E-state index in [9.17, 15) is 0 Å². The Morgan fingerprint density at radius 3 is 1.61 bits per heavy atom. The molecule has 0 radical (unpaired) electrons. The molecule has 7 aromatic carbocycles. The van der Waals surface area contributed by atoms with Gasteiger partial charge in [0, 0.05) is 44.0 Å². The third-order valence-corrected chi connectivity index (χ3v) is 10.1. The van der Waals surface area contributed by atoms with Gasteiger partial charge in [0.1, 0.15) is 5.65 Å². The van der Waals surface area contributed by atoms with Crippen LogP contribution in [-0.4, -0.2) is 28.7 Å². The summed E-state index contributed by atoms with van der Waals surface area (Å²) in [5, 5.41) is 15.4. The molecule has 0 saturated carbocycles. The van der Waals surface area contributed by atoms with Crippen molar-refractivity contribution in [1.29, 1.82) is 0 Å². The first-order chi connectivity index (χ1) is 25.3. The number of fused-ring (bicyclic) bond motifs is 12. The lowest BCUT2D eigenvalue weighted by molar-refractivity contribution is 1.07. The standard InChI is InChI=1S/C45H28N6/c1-3-13-29(14-4-1)43-47-48-44(30-15-5-2-6-16-30)50(43)32-25-23-31(24-26-32)49-38-21-11-9-17-33(38)35-27-28-40-41(42(35)49)34-18-7-8-19-36(34)45-46-37-20-10-12-22-39(37)51(40)45/h1-28H. The smallest absolute Gasteiger partial charge is 0.168 e. The summed E-state index contributed by atoms with van der Waals surface area (Å²) in [7, 11) is 0. The van der Waals surface area contributed by atoms with Crippen LogP contribution in [0.5, 0.6) is 0 Å². The zero-order valence-electron chi connectivity index (χ0n) is 27.3. The van der Waals surface area contributed by atoms with Crippen LogP contribution in [0.1, 0.15) is 0 Å². The molecule has 0 saturated heterocycles. The molecule has 0 aliphatic heterocycles. The summed E-state index contributed by atoms with van der Waals surface area (Å²) in [6.45, 7) is 0. The van der Waals surface area contributed by atoms with E-state index < -0.39 is 0 Å². The lowest BCUT2D eigenvalue weighted by Crippen LogP contribution is -2.02. The first-order valence-corrected chi connectivity index (χ1v) is 17.1. The molecule has 0 bridgehead atoms. The summed E-state index contributed by atoms with van der Waals surface area (Å²) in [5.41, 5.74) is 10.6. The molecule has 51 heavy (non-hydrogen) atoms. The number of rotatable bonds is 4. The molecule has 0 N–H and O–H groups in total. The van der Waals surface area contributed by atoms with Crippen LogP contribution in [0.3, 0.4) is 0 Å². The van der Waals surface area contributed by atoms with Crippen LogP contribution < -0.4 is 0 Å². The van der Waals surface area contributed by atoms with Gasteiger partial charge in [-0.1, -0.05) is 121 Å². The van der Waals surface area contributed by atoms with E-state index in [4.69, 9.17) is 15.2 Å². The van der Waals surface area contributed by atoms with Gasteiger partial charge in [0.15, 0.2) is 11.6 Å². The minimum atomic E-state index is 0.799. The van der Waals surface area contributed by atoms with E-state index in [1.54, 1.807) is 0 Å². The van der Waals surface area contributed by atoms with E-state index in [-0.39, 0.29) is 0 Å². The maximum atomic E-state index is 5.13. The average Bonchev–Trinajstić information content (AvgIpc) is 3.91. The summed E-state index contributed by atoms with van der Waals surface area (Å²) >= 11 is 0. The zero-order chi connectivity index (χ0) is 33.5. The zero-order valence-corrected chi connectivity index (χ0v) is 27.3. The molecule has 0 atom stereocenters. The van der Waals surface area contributed by atoms with Crippen molar-refractivity contribution >= 4 is 60.2 Å². The normalized spacial score (nSPS) is 11.9. The molecule has 0 aliphatic carbocycles. The Morgan fingerprint density at radius 2 is 0.922 bits per heavy atom. The highest BCUT2D eigenvalue weighted by Crippen LogP contribution is 2.41. The van der Waals surface area contributed by atoms with Gasteiger partial charge in [-0.15, -0.1) is 10.2 Å². The molecule has 11 rings (SSSR count). The Bertz CT molecular complexity index is 3060. The highest BCUT2D eigenvalue weighted by atomic mass is 15.3. The SMILES string of the molecule is c1ccc(-c2nnc(-c3ccccc3)n2-c2ccc(-n3c4ccccc4c4ccc5c(c6ccccc6c6nc7ccccc7n56)c43)cc2)cc1. The summed E-state index contributed by atoms with van der Waals surface area (Å²) in [6, 6.07) is 59.7. The van der Waals surface area contributed by atoms with Crippen LogP contribution in [-0.2, 0) is 0 Å². The molecule has 0 amide bonds. The second-order valence-electron chi connectivity index (χ2n) is 12.9. The highest BCUT2D eigenvalue weighted by Gasteiger charge is 2.21. The van der Waals surface area contributed by atoms with Gasteiger partial charge >= 0.3 is 0 Å². The summed E-state index contributed by atoms with van der Waals surface area (Å²) < 4.78 is 6.92. The fourth-order valence-electron chi connectivity index (χ4n) is 7.94. The Balaban J connectivity index is 1.21. The molecule has 0 spiro atoms. The average molecular weight is 653 g/mol. The van der Waals surface area contributed by atoms with Crippen molar-refractivity contribution in [2.24, 2.45) is 0 Å². The first kappa shape index (κ1) is 27.9. The third kappa shape index (κ3) is 4.01. The summed E-state index contributed by atoms with van der Waals surface area (Å²) in [4.78, 5) is 5.13. The van der Waals surface area contributed by atoms with E-state index >= 15 is 0 Å². The Hall–Kier alpha value is -7.05. The van der Waals surface area contributed by atoms with Gasteiger partial charge in [-0.25, -0.2) is 4.98 Å². The number of pyridine rings is 1. The summed E-state index contributed by atoms with van der Waals surface area (Å²) in [6.07, 6.45) is 0. The molecule has 4 aromatic heterocycles. The quantitative estimate of drug-likeness (QED) is 0.178. The molecule has 6 heteroatoms. The van der Waals surface area contributed by atoms with Crippen LogP contribution in [0.2, 0.25) is 0 Å². The van der Waals surface area contributed by atoms with Crippen molar-refractivity contribution in [3.63, 3.8) is 0 Å². The molecule has 0 fully saturated rings. The second kappa shape index (κ2) is 10.7. The van der Waals surface area contributed by atoms with Gasteiger partial charge in [-0.2, -0.15) is 0 Å².